The van der Waals surface area contributed by atoms with Crippen LogP contribution in [0.1, 0.15) is 65.7 Å². The van der Waals surface area contributed by atoms with Gasteiger partial charge >= 0.3 is 0 Å². The topological polar surface area (TPSA) is 12.0 Å². The Morgan fingerprint density at radius 1 is 1.11 bits per heavy atom. The first-order valence-corrected chi connectivity index (χ1v) is 9.26. The number of rotatable bonds is 9. The SMILES string of the molecule is CCCNC(CC(CC)CC)CC1CCSCC1. The Hall–Kier alpha value is 0.310. The van der Waals surface area contributed by atoms with E-state index in [2.05, 4.69) is 37.8 Å². The average molecular weight is 272 g/mol. The van der Waals surface area contributed by atoms with Crippen molar-refractivity contribution in [3.05, 3.63) is 0 Å². The van der Waals surface area contributed by atoms with Crippen LogP contribution >= 0.6 is 11.8 Å². The van der Waals surface area contributed by atoms with E-state index in [-0.39, 0.29) is 0 Å². The lowest BCUT2D eigenvalue weighted by Gasteiger charge is -2.29. The van der Waals surface area contributed by atoms with Crippen LogP contribution in [-0.2, 0) is 0 Å². The molecule has 1 saturated heterocycles. The van der Waals surface area contributed by atoms with Crippen LogP contribution < -0.4 is 5.32 Å². The van der Waals surface area contributed by atoms with Crippen LogP contribution in [0.4, 0.5) is 0 Å². The molecule has 0 aromatic carbocycles. The lowest BCUT2D eigenvalue weighted by Crippen LogP contribution is -2.34. The summed E-state index contributed by atoms with van der Waals surface area (Å²) < 4.78 is 0. The molecule has 1 N–H and O–H groups in total. The number of hydrogen-bond acceptors (Lipinski definition) is 2. The van der Waals surface area contributed by atoms with E-state index in [0.29, 0.717) is 0 Å². The molecule has 1 unspecified atom stereocenters. The van der Waals surface area contributed by atoms with Gasteiger partial charge in [0.25, 0.3) is 0 Å². The third kappa shape index (κ3) is 6.47. The van der Waals surface area contributed by atoms with Gasteiger partial charge < -0.3 is 5.32 Å². The molecule has 1 aliphatic heterocycles. The average Bonchev–Trinajstić information content (AvgIpc) is 2.42. The van der Waals surface area contributed by atoms with Crippen molar-refractivity contribution in [2.75, 3.05) is 18.1 Å². The predicted octanol–water partition coefficient (Wildman–Crippen LogP) is 4.71. The second kappa shape index (κ2) is 10.1. The number of thioether (sulfide) groups is 1. The summed E-state index contributed by atoms with van der Waals surface area (Å²) in [4.78, 5) is 0. The molecule has 0 saturated carbocycles. The van der Waals surface area contributed by atoms with Crippen LogP contribution in [0.2, 0.25) is 0 Å². The summed E-state index contributed by atoms with van der Waals surface area (Å²) in [6.45, 7) is 8.18. The van der Waals surface area contributed by atoms with E-state index < -0.39 is 0 Å². The van der Waals surface area contributed by atoms with Gasteiger partial charge in [-0.15, -0.1) is 0 Å². The molecule has 1 rings (SSSR count). The van der Waals surface area contributed by atoms with Gasteiger partial charge in [-0.05, 0) is 62.0 Å². The third-order valence-corrected chi connectivity index (χ3v) is 5.46. The van der Waals surface area contributed by atoms with E-state index in [1.54, 1.807) is 0 Å². The Morgan fingerprint density at radius 2 is 1.78 bits per heavy atom. The molecule has 18 heavy (non-hydrogen) atoms. The largest absolute Gasteiger partial charge is 0.314 e. The van der Waals surface area contributed by atoms with Crippen molar-refractivity contribution in [2.24, 2.45) is 11.8 Å². The molecule has 0 spiro atoms. The molecule has 108 valence electrons. The molecule has 2 heteroatoms. The van der Waals surface area contributed by atoms with Gasteiger partial charge in [0.2, 0.25) is 0 Å². The Balaban J connectivity index is 2.37. The third-order valence-electron chi connectivity index (χ3n) is 4.41. The molecule has 0 amide bonds. The van der Waals surface area contributed by atoms with E-state index in [0.717, 1.165) is 17.9 Å². The summed E-state index contributed by atoms with van der Waals surface area (Å²) in [7, 11) is 0. The molecule has 1 fully saturated rings. The maximum absolute atomic E-state index is 3.81. The summed E-state index contributed by atoms with van der Waals surface area (Å²) in [5.41, 5.74) is 0. The van der Waals surface area contributed by atoms with Crippen LogP contribution in [0, 0.1) is 11.8 Å². The van der Waals surface area contributed by atoms with Crippen molar-refractivity contribution in [1.29, 1.82) is 0 Å². The standard InChI is InChI=1S/C16H33NS/c1-4-9-17-16(12-14(5-2)6-3)13-15-7-10-18-11-8-15/h14-17H,4-13H2,1-3H3. The quantitative estimate of drug-likeness (QED) is 0.651. The Bertz CT molecular complexity index is 186. The Kier molecular flexibility index (Phi) is 9.22. The van der Waals surface area contributed by atoms with Crippen molar-refractivity contribution >= 4 is 11.8 Å². The zero-order valence-electron chi connectivity index (χ0n) is 12.7. The van der Waals surface area contributed by atoms with Gasteiger partial charge in [-0.1, -0.05) is 33.6 Å². The van der Waals surface area contributed by atoms with Crippen LogP contribution in [0.25, 0.3) is 0 Å². The fraction of sp³-hybridized carbons (Fsp3) is 1.00. The molecular formula is C16H33NS. The van der Waals surface area contributed by atoms with E-state index >= 15 is 0 Å². The molecular weight excluding hydrogens is 238 g/mol. The van der Waals surface area contributed by atoms with Gasteiger partial charge in [-0.25, -0.2) is 0 Å². The molecule has 1 heterocycles. The van der Waals surface area contributed by atoms with Gasteiger partial charge in [-0.2, -0.15) is 11.8 Å². The zero-order chi connectivity index (χ0) is 13.2. The Labute approximate surface area is 119 Å². The highest BCUT2D eigenvalue weighted by Gasteiger charge is 2.20. The molecule has 1 nitrogen and oxygen atoms in total. The van der Waals surface area contributed by atoms with Crippen LogP contribution in [0.5, 0.6) is 0 Å². The fourth-order valence-corrected chi connectivity index (χ4v) is 4.22. The first kappa shape index (κ1) is 16.4. The lowest BCUT2D eigenvalue weighted by molar-refractivity contribution is 0.302. The lowest BCUT2D eigenvalue weighted by atomic mass is 9.87. The van der Waals surface area contributed by atoms with Gasteiger partial charge in [0.15, 0.2) is 0 Å². The first-order chi connectivity index (χ1) is 8.80. The summed E-state index contributed by atoms with van der Waals surface area (Å²) >= 11 is 2.15. The van der Waals surface area contributed by atoms with E-state index in [1.807, 2.05) is 0 Å². The normalized spacial score (nSPS) is 19.3. The molecule has 0 aromatic heterocycles. The molecule has 0 radical (unpaired) electrons. The van der Waals surface area contributed by atoms with Crippen molar-refractivity contribution in [3.8, 4) is 0 Å². The molecule has 0 aliphatic carbocycles. The summed E-state index contributed by atoms with van der Waals surface area (Å²) in [6, 6.07) is 0.781. The van der Waals surface area contributed by atoms with E-state index in [4.69, 9.17) is 0 Å². The monoisotopic (exact) mass is 271 g/mol. The van der Waals surface area contributed by atoms with E-state index in [1.165, 1.54) is 63.0 Å². The van der Waals surface area contributed by atoms with Gasteiger partial charge in [0.05, 0.1) is 0 Å². The zero-order valence-corrected chi connectivity index (χ0v) is 13.5. The number of nitrogens with one attached hydrogen (secondary N) is 1. The maximum Gasteiger partial charge on any atom is 0.00723 e. The Morgan fingerprint density at radius 3 is 2.33 bits per heavy atom. The smallest absolute Gasteiger partial charge is 0.00723 e. The second-order valence-corrected chi connectivity index (χ2v) is 7.09. The maximum atomic E-state index is 3.81. The molecule has 0 aromatic rings. The first-order valence-electron chi connectivity index (χ1n) is 8.11. The minimum absolute atomic E-state index is 0.781. The van der Waals surface area contributed by atoms with Crippen LogP contribution in [0.3, 0.4) is 0 Å². The van der Waals surface area contributed by atoms with Crippen LogP contribution in [-0.4, -0.2) is 24.1 Å². The highest BCUT2D eigenvalue weighted by atomic mass is 32.2. The van der Waals surface area contributed by atoms with Crippen molar-refractivity contribution in [3.63, 3.8) is 0 Å². The van der Waals surface area contributed by atoms with Crippen molar-refractivity contribution in [2.45, 2.75) is 71.8 Å². The van der Waals surface area contributed by atoms with Crippen LogP contribution in [0.15, 0.2) is 0 Å². The minimum atomic E-state index is 0.781. The molecule has 1 aliphatic rings. The van der Waals surface area contributed by atoms with Crippen molar-refractivity contribution in [1.82, 2.24) is 5.32 Å². The highest BCUT2D eigenvalue weighted by Crippen LogP contribution is 2.28. The molecule has 0 bridgehead atoms. The van der Waals surface area contributed by atoms with Crippen molar-refractivity contribution < 1.29 is 0 Å². The second-order valence-electron chi connectivity index (χ2n) is 5.86. The van der Waals surface area contributed by atoms with Gasteiger partial charge in [0.1, 0.15) is 0 Å². The molecule has 1 atom stereocenters. The summed E-state index contributed by atoms with van der Waals surface area (Å²) in [6.07, 6.45) is 9.70. The van der Waals surface area contributed by atoms with Gasteiger partial charge in [0, 0.05) is 6.04 Å². The summed E-state index contributed by atoms with van der Waals surface area (Å²) in [5, 5.41) is 3.81. The predicted molar refractivity (Wildman–Crippen MR) is 85.4 cm³/mol. The highest BCUT2D eigenvalue weighted by molar-refractivity contribution is 7.99. The number of hydrogen-bond donors (Lipinski definition) is 1. The summed E-state index contributed by atoms with van der Waals surface area (Å²) in [5.74, 6) is 4.72. The van der Waals surface area contributed by atoms with E-state index in [9.17, 15) is 0 Å². The fourth-order valence-electron chi connectivity index (χ4n) is 3.02. The minimum Gasteiger partial charge on any atom is -0.314 e. The van der Waals surface area contributed by atoms with Gasteiger partial charge in [-0.3, -0.25) is 0 Å².